The predicted molar refractivity (Wildman–Crippen MR) is 121 cm³/mol. The van der Waals surface area contributed by atoms with Crippen LogP contribution in [-0.2, 0) is 19.6 Å². The number of hydrogen-bond acceptors (Lipinski definition) is 6. The van der Waals surface area contributed by atoms with E-state index in [1.807, 2.05) is 0 Å². The summed E-state index contributed by atoms with van der Waals surface area (Å²) in [5, 5.41) is 5.42. The van der Waals surface area contributed by atoms with Crippen LogP contribution in [0.15, 0.2) is 77.3 Å². The maximum Gasteiger partial charge on any atom is 0.273 e. The quantitative estimate of drug-likeness (QED) is 0.393. The predicted octanol–water partition coefficient (Wildman–Crippen LogP) is 3.42. The highest BCUT2D eigenvalue weighted by Crippen LogP contribution is 2.47. The fourth-order valence-electron chi connectivity index (χ4n) is 2.68. The van der Waals surface area contributed by atoms with E-state index in [0.717, 1.165) is 11.3 Å². The number of thiazole rings is 1. The van der Waals surface area contributed by atoms with Gasteiger partial charge in [0.05, 0.1) is 6.20 Å². The summed E-state index contributed by atoms with van der Waals surface area (Å²) < 4.78 is 27.4. The summed E-state index contributed by atoms with van der Waals surface area (Å²) in [5.41, 5.74) is -0.220. The number of carbonyl (C=O) groups excluding carboxylic acids is 2. The molecule has 1 aliphatic carbocycles. The fraction of sp³-hybridized carbons (Fsp3) is 0.190. The third-order valence-electron chi connectivity index (χ3n) is 4.60. The van der Waals surface area contributed by atoms with Crippen molar-refractivity contribution in [2.75, 3.05) is 10.0 Å². The highest BCUT2D eigenvalue weighted by Gasteiger charge is 2.56. The average molecular weight is 459 g/mol. The van der Waals surface area contributed by atoms with E-state index in [4.69, 9.17) is 0 Å². The van der Waals surface area contributed by atoms with Crippen LogP contribution in [0.1, 0.15) is 19.8 Å². The van der Waals surface area contributed by atoms with Crippen LogP contribution < -0.4 is 15.4 Å². The van der Waals surface area contributed by atoms with Crippen molar-refractivity contribution in [3.63, 3.8) is 0 Å². The van der Waals surface area contributed by atoms with Crippen LogP contribution in [0.2, 0.25) is 0 Å². The van der Waals surface area contributed by atoms with Crippen LogP contribution in [0.4, 0.5) is 10.8 Å². The molecule has 0 atom stereocenters. The molecule has 8 nitrogen and oxygen atoms in total. The van der Waals surface area contributed by atoms with Gasteiger partial charge in [-0.3, -0.25) is 14.3 Å². The molecule has 0 unspecified atom stereocenters. The van der Waals surface area contributed by atoms with Crippen molar-refractivity contribution in [3.8, 4) is 0 Å². The Morgan fingerprint density at radius 1 is 1.19 bits per heavy atom. The Bertz CT molecular complexity index is 1150. The third kappa shape index (κ3) is 5.28. The van der Waals surface area contributed by atoms with Gasteiger partial charge in [-0.15, -0.1) is 0 Å². The van der Waals surface area contributed by atoms with Crippen molar-refractivity contribution in [2.24, 2.45) is 5.41 Å². The van der Waals surface area contributed by atoms with E-state index in [-0.39, 0.29) is 9.34 Å². The van der Waals surface area contributed by atoms with Gasteiger partial charge in [-0.05, 0) is 38.0 Å². The lowest BCUT2D eigenvalue weighted by atomic mass is 10.1. The summed E-state index contributed by atoms with van der Waals surface area (Å²) in [6, 6.07) is 8.45. The van der Waals surface area contributed by atoms with Gasteiger partial charge in [0, 0.05) is 11.4 Å². The van der Waals surface area contributed by atoms with Gasteiger partial charge in [-0.2, -0.15) is 0 Å². The maximum absolute atomic E-state index is 12.7. The SMILES string of the molecule is C=C/C=C\C(=C/C)NC(=O)C1(C(=O)Nc2ncc(S(=O)(=O)Nc3ccccc3)s2)CC1. The van der Waals surface area contributed by atoms with E-state index in [1.165, 1.54) is 6.20 Å². The monoisotopic (exact) mass is 458 g/mol. The number of benzene rings is 1. The van der Waals surface area contributed by atoms with E-state index in [9.17, 15) is 18.0 Å². The average Bonchev–Trinajstić information content (AvgIpc) is 3.44. The van der Waals surface area contributed by atoms with Crippen LogP contribution in [0.25, 0.3) is 0 Å². The normalized spacial score (nSPS) is 15.3. The largest absolute Gasteiger partial charge is 0.325 e. The summed E-state index contributed by atoms with van der Waals surface area (Å²) in [5.74, 6) is -0.926. The van der Waals surface area contributed by atoms with Gasteiger partial charge in [-0.1, -0.05) is 54.3 Å². The first kappa shape index (κ1) is 22.4. The molecule has 1 aromatic heterocycles. The number of anilines is 2. The molecule has 0 saturated heterocycles. The molecule has 1 aromatic carbocycles. The van der Waals surface area contributed by atoms with Crippen LogP contribution in [0.3, 0.4) is 0 Å². The summed E-state index contributed by atoms with van der Waals surface area (Å²) in [6.07, 6.45) is 8.62. The number of allylic oxidation sites excluding steroid dienone is 4. The van der Waals surface area contributed by atoms with E-state index >= 15 is 0 Å². The molecular formula is C21H22N4O4S2. The standard InChI is InChI=1S/C21H22N4O4S2/c1-3-5-9-15(4-2)23-18(26)21(12-13-21)19(27)24-20-22-14-17(30-20)31(28,29)25-16-10-7-6-8-11-16/h3-11,14,25H,1,12-13H2,2H3,(H,23,26)(H,22,24,27)/b9-5-,15-4+. The highest BCUT2D eigenvalue weighted by molar-refractivity contribution is 7.94. The van der Waals surface area contributed by atoms with E-state index in [1.54, 1.807) is 61.6 Å². The second-order valence-electron chi connectivity index (χ2n) is 6.79. The number of hydrogen-bond donors (Lipinski definition) is 3. The Morgan fingerprint density at radius 2 is 1.90 bits per heavy atom. The topological polar surface area (TPSA) is 117 Å². The molecule has 1 fully saturated rings. The van der Waals surface area contributed by atoms with Gasteiger partial charge in [-0.25, -0.2) is 13.4 Å². The minimum atomic E-state index is -3.84. The molecule has 0 spiro atoms. The number of para-hydroxylation sites is 1. The van der Waals surface area contributed by atoms with E-state index in [2.05, 4.69) is 26.9 Å². The number of nitrogens with zero attached hydrogens (tertiary/aromatic N) is 1. The van der Waals surface area contributed by atoms with Crippen LogP contribution >= 0.6 is 11.3 Å². The Balaban J connectivity index is 1.67. The molecule has 2 aromatic rings. The first-order valence-corrected chi connectivity index (χ1v) is 11.7. The maximum atomic E-state index is 12.7. The fourth-order valence-corrected chi connectivity index (χ4v) is 4.77. The second-order valence-corrected chi connectivity index (χ2v) is 9.73. The molecule has 3 N–H and O–H groups in total. The number of aromatic nitrogens is 1. The molecule has 0 radical (unpaired) electrons. The van der Waals surface area contributed by atoms with Crippen molar-refractivity contribution in [3.05, 3.63) is 73.1 Å². The molecule has 0 aliphatic heterocycles. The molecule has 0 bridgehead atoms. The van der Waals surface area contributed by atoms with Crippen molar-refractivity contribution in [1.29, 1.82) is 0 Å². The molecule has 10 heteroatoms. The van der Waals surface area contributed by atoms with Crippen LogP contribution in [-0.4, -0.2) is 25.2 Å². The van der Waals surface area contributed by atoms with Gasteiger partial charge >= 0.3 is 0 Å². The molecule has 3 rings (SSSR count). The zero-order valence-electron chi connectivity index (χ0n) is 16.8. The van der Waals surface area contributed by atoms with Crippen molar-refractivity contribution in [2.45, 2.75) is 24.0 Å². The lowest BCUT2D eigenvalue weighted by Gasteiger charge is -2.14. The zero-order chi connectivity index (χ0) is 22.5. The smallest absolute Gasteiger partial charge is 0.273 e. The van der Waals surface area contributed by atoms with Gasteiger partial charge in [0.15, 0.2) is 9.34 Å². The third-order valence-corrected chi connectivity index (χ3v) is 7.35. The Kier molecular flexibility index (Phi) is 6.71. The Morgan fingerprint density at radius 3 is 2.52 bits per heavy atom. The Labute approximate surface area is 184 Å². The summed E-state index contributed by atoms with van der Waals surface area (Å²) in [7, 11) is -3.84. The van der Waals surface area contributed by atoms with Crippen molar-refractivity contribution < 1.29 is 18.0 Å². The molecule has 2 amide bonds. The minimum Gasteiger partial charge on any atom is -0.325 e. The van der Waals surface area contributed by atoms with Gasteiger partial charge in [0.1, 0.15) is 5.41 Å². The number of nitrogens with one attached hydrogen (secondary N) is 3. The van der Waals surface area contributed by atoms with Crippen molar-refractivity contribution in [1.82, 2.24) is 10.3 Å². The highest BCUT2D eigenvalue weighted by atomic mass is 32.2. The summed E-state index contributed by atoms with van der Waals surface area (Å²) in [6.45, 7) is 5.35. The summed E-state index contributed by atoms with van der Waals surface area (Å²) >= 11 is 0.814. The molecule has 1 heterocycles. The number of carbonyl (C=O) groups is 2. The van der Waals surface area contributed by atoms with Gasteiger partial charge < -0.3 is 10.6 Å². The van der Waals surface area contributed by atoms with E-state index in [0.29, 0.717) is 24.2 Å². The lowest BCUT2D eigenvalue weighted by Crippen LogP contribution is -2.39. The van der Waals surface area contributed by atoms with Crippen LogP contribution in [0.5, 0.6) is 0 Å². The van der Waals surface area contributed by atoms with Crippen LogP contribution in [0, 0.1) is 5.41 Å². The minimum absolute atomic E-state index is 0.0493. The number of rotatable bonds is 9. The molecule has 31 heavy (non-hydrogen) atoms. The van der Waals surface area contributed by atoms with E-state index < -0.39 is 27.3 Å². The molecular weight excluding hydrogens is 436 g/mol. The van der Waals surface area contributed by atoms with Crippen molar-refractivity contribution >= 4 is 44.0 Å². The summed E-state index contributed by atoms with van der Waals surface area (Å²) in [4.78, 5) is 29.4. The molecule has 1 aliphatic rings. The zero-order valence-corrected chi connectivity index (χ0v) is 18.4. The number of amides is 2. The first-order chi connectivity index (χ1) is 14.8. The molecule has 1 saturated carbocycles. The van der Waals surface area contributed by atoms with Gasteiger partial charge in [0.2, 0.25) is 11.8 Å². The Hall–Kier alpha value is -3.24. The molecule has 162 valence electrons. The number of sulfonamides is 1. The second kappa shape index (κ2) is 9.27. The lowest BCUT2D eigenvalue weighted by molar-refractivity contribution is -0.133. The van der Waals surface area contributed by atoms with Gasteiger partial charge in [0.25, 0.3) is 10.0 Å². The first-order valence-electron chi connectivity index (χ1n) is 9.43.